The van der Waals surface area contributed by atoms with Gasteiger partial charge in [-0.25, -0.2) is 0 Å². The number of aromatic nitrogens is 1. The van der Waals surface area contributed by atoms with Gasteiger partial charge >= 0.3 is 0 Å². The molecule has 3 unspecified atom stereocenters. The van der Waals surface area contributed by atoms with Crippen molar-refractivity contribution in [3.8, 4) is 0 Å². The Morgan fingerprint density at radius 2 is 2.11 bits per heavy atom. The number of hydrogen-bond acceptors (Lipinski definition) is 2. The van der Waals surface area contributed by atoms with Crippen molar-refractivity contribution in [1.82, 2.24) is 4.98 Å². The van der Waals surface area contributed by atoms with E-state index >= 15 is 0 Å². The first-order valence-corrected chi connectivity index (χ1v) is 7.23. The summed E-state index contributed by atoms with van der Waals surface area (Å²) in [6, 6.07) is 8.53. The summed E-state index contributed by atoms with van der Waals surface area (Å²) in [6.45, 7) is 4.64. The summed E-state index contributed by atoms with van der Waals surface area (Å²) >= 11 is 0. The van der Waals surface area contributed by atoms with Crippen molar-refractivity contribution in [3.63, 3.8) is 0 Å². The molecule has 100 valence electrons. The third kappa shape index (κ3) is 2.04. The minimum atomic E-state index is -0.187. The van der Waals surface area contributed by atoms with Crippen molar-refractivity contribution in [1.29, 1.82) is 0 Å². The molecule has 0 amide bonds. The monoisotopic (exact) mass is 254 g/mol. The van der Waals surface area contributed by atoms with E-state index in [2.05, 4.69) is 43.1 Å². The number of benzene rings is 1. The zero-order valence-corrected chi connectivity index (χ0v) is 11.8. The lowest BCUT2D eigenvalue weighted by Gasteiger charge is -2.43. The average Bonchev–Trinajstić information content (AvgIpc) is 2.43. The molecule has 2 N–H and O–H groups in total. The molecule has 1 aromatic carbocycles. The van der Waals surface area contributed by atoms with Gasteiger partial charge in [-0.2, -0.15) is 0 Å². The molecule has 2 nitrogen and oxygen atoms in total. The van der Waals surface area contributed by atoms with Crippen molar-refractivity contribution in [2.24, 2.45) is 17.6 Å². The van der Waals surface area contributed by atoms with E-state index in [0.717, 1.165) is 12.3 Å². The van der Waals surface area contributed by atoms with Crippen molar-refractivity contribution in [2.75, 3.05) is 0 Å². The molecule has 1 aliphatic carbocycles. The molecule has 1 fully saturated rings. The maximum absolute atomic E-state index is 6.83. The van der Waals surface area contributed by atoms with Gasteiger partial charge in [0.25, 0.3) is 0 Å². The predicted molar refractivity (Wildman–Crippen MR) is 79.8 cm³/mol. The highest BCUT2D eigenvalue weighted by Crippen LogP contribution is 2.43. The summed E-state index contributed by atoms with van der Waals surface area (Å²) in [5, 5.41) is 2.46. The van der Waals surface area contributed by atoms with Crippen LogP contribution in [0.5, 0.6) is 0 Å². The molecule has 2 heteroatoms. The largest absolute Gasteiger partial charge is 0.321 e. The molecule has 1 heterocycles. The number of hydrogen-bond donors (Lipinski definition) is 1. The molecule has 2 aromatic rings. The Morgan fingerprint density at radius 1 is 1.26 bits per heavy atom. The van der Waals surface area contributed by atoms with Crippen LogP contribution in [0.1, 0.15) is 38.7 Å². The van der Waals surface area contributed by atoms with E-state index in [9.17, 15) is 0 Å². The van der Waals surface area contributed by atoms with E-state index in [1.807, 2.05) is 12.4 Å². The zero-order valence-electron chi connectivity index (χ0n) is 11.8. The summed E-state index contributed by atoms with van der Waals surface area (Å²) in [5.41, 5.74) is 7.94. The number of fused-ring (bicyclic) bond motifs is 1. The fourth-order valence-electron chi connectivity index (χ4n) is 3.59. The van der Waals surface area contributed by atoms with E-state index < -0.39 is 0 Å². The first-order valence-electron chi connectivity index (χ1n) is 7.23. The summed E-state index contributed by atoms with van der Waals surface area (Å²) in [6.07, 6.45) is 7.32. The molecule has 0 saturated heterocycles. The normalized spacial score (nSPS) is 31.5. The Bertz CT molecular complexity index is 587. The van der Waals surface area contributed by atoms with Gasteiger partial charge in [0, 0.05) is 23.3 Å². The third-order valence-electron chi connectivity index (χ3n) is 4.87. The fourth-order valence-corrected chi connectivity index (χ4v) is 3.59. The molecule has 1 saturated carbocycles. The van der Waals surface area contributed by atoms with Gasteiger partial charge in [-0.15, -0.1) is 0 Å². The van der Waals surface area contributed by atoms with E-state index in [1.54, 1.807) is 0 Å². The van der Waals surface area contributed by atoms with Crippen LogP contribution < -0.4 is 5.73 Å². The number of nitrogens with zero attached hydrogens (tertiary/aromatic N) is 1. The van der Waals surface area contributed by atoms with E-state index in [0.29, 0.717) is 5.92 Å². The molecule has 3 atom stereocenters. The second kappa shape index (κ2) is 4.61. The second-order valence-electron chi connectivity index (χ2n) is 6.22. The fraction of sp³-hybridized carbons (Fsp3) is 0.471. The maximum Gasteiger partial charge on any atom is 0.0441 e. The predicted octanol–water partition coefficient (Wildman–Crippen LogP) is 3.84. The highest BCUT2D eigenvalue weighted by atomic mass is 14.8. The SMILES string of the molecule is CC1CCC(N)(c2cccc3cnccc23)C(C)C1. The van der Waals surface area contributed by atoms with Gasteiger partial charge in [-0.05, 0) is 48.1 Å². The quantitative estimate of drug-likeness (QED) is 0.839. The van der Waals surface area contributed by atoms with Crippen molar-refractivity contribution in [3.05, 3.63) is 42.2 Å². The summed E-state index contributed by atoms with van der Waals surface area (Å²) in [4.78, 5) is 4.21. The van der Waals surface area contributed by atoms with Gasteiger partial charge in [0.2, 0.25) is 0 Å². The first-order chi connectivity index (χ1) is 9.11. The Labute approximate surface area is 115 Å². The van der Waals surface area contributed by atoms with Gasteiger partial charge in [0.1, 0.15) is 0 Å². The molecule has 0 bridgehead atoms. The molecule has 19 heavy (non-hydrogen) atoms. The summed E-state index contributed by atoms with van der Waals surface area (Å²) in [7, 11) is 0. The molecular formula is C17H22N2. The third-order valence-corrected chi connectivity index (χ3v) is 4.87. The topological polar surface area (TPSA) is 38.9 Å². The van der Waals surface area contributed by atoms with Crippen molar-refractivity contribution in [2.45, 2.75) is 38.6 Å². The van der Waals surface area contributed by atoms with E-state index in [-0.39, 0.29) is 5.54 Å². The van der Waals surface area contributed by atoms with E-state index in [4.69, 9.17) is 5.73 Å². The van der Waals surface area contributed by atoms with Crippen molar-refractivity contribution >= 4 is 10.8 Å². The average molecular weight is 254 g/mol. The summed E-state index contributed by atoms with van der Waals surface area (Å²) < 4.78 is 0. The van der Waals surface area contributed by atoms with Crippen LogP contribution in [-0.2, 0) is 5.54 Å². The Hall–Kier alpha value is -1.41. The number of rotatable bonds is 1. The molecule has 3 rings (SSSR count). The highest BCUT2D eigenvalue weighted by molar-refractivity contribution is 5.85. The van der Waals surface area contributed by atoms with Crippen LogP contribution in [0, 0.1) is 11.8 Å². The Morgan fingerprint density at radius 3 is 2.89 bits per heavy atom. The van der Waals surface area contributed by atoms with Crippen LogP contribution in [-0.4, -0.2) is 4.98 Å². The second-order valence-corrected chi connectivity index (χ2v) is 6.22. The van der Waals surface area contributed by atoms with Crippen LogP contribution in [0.4, 0.5) is 0 Å². The lowest BCUT2D eigenvalue weighted by Crippen LogP contribution is -2.46. The Kier molecular flexibility index (Phi) is 3.06. The lowest BCUT2D eigenvalue weighted by atomic mass is 9.66. The van der Waals surface area contributed by atoms with E-state index in [1.165, 1.54) is 29.2 Å². The van der Waals surface area contributed by atoms with Crippen LogP contribution in [0.2, 0.25) is 0 Å². The smallest absolute Gasteiger partial charge is 0.0441 e. The van der Waals surface area contributed by atoms with Crippen molar-refractivity contribution < 1.29 is 0 Å². The minimum Gasteiger partial charge on any atom is -0.321 e. The number of pyridine rings is 1. The lowest BCUT2D eigenvalue weighted by molar-refractivity contribution is 0.166. The standard InChI is InChI=1S/C17H22N2/c1-12-6-8-17(18,13(2)10-12)16-5-3-4-14-11-19-9-7-15(14)16/h3-5,7,9,11-13H,6,8,10,18H2,1-2H3. The van der Waals surface area contributed by atoms with Crippen LogP contribution in [0.15, 0.2) is 36.7 Å². The first kappa shape index (κ1) is 12.6. The number of nitrogens with two attached hydrogens (primary N) is 1. The van der Waals surface area contributed by atoms with Gasteiger partial charge in [-0.1, -0.05) is 32.0 Å². The van der Waals surface area contributed by atoms with Gasteiger partial charge in [0.15, 0.2) is 0 Å². The molecule has 1 aromatic heterocycles. The maximum atomic E-state index is 6.83. The van der Waals surface area contributed by atoms with Gasteiger partial charge < -0.3 is 5.73 Å². The van der Waals surface area contributed by atoms with Gasteiger partial charge in [0.05, 0.1) is 0 Å². The molecule has 1 aliphatic rings. The molecule has 0 spiro atoms. The summed E-state index contributed by atoms with van der Waals surface area (Å²) in [5.74, 6) is 1.32. The van der Waals surface area contributed by atoms with Crippen LogP contribution >= 0.6 is 0 Å². The molecule has 0 radical (unpaired) electrons. The zero-order chi connectivity index (χ0) is 13.5. The van der Waals surface area contributed by atoms with Crippen LogP contribution in [0.3, 0.4) is 0 Å². The molecule has 0 aliphatic heterocycles. The van der Waals surface area contributed by atoms with Gasteiger partial charge in [-0.3, -0.25) is 4.98 Å². The molecular weight excluding hydrogens is 232 g/mol. The minimum absolute atomic E-state index is 0.187. The highest BCUT2D eigenvalue weighted by Gasteiger charge is 2.38. The van der Waals surface area contributed by atoms with Crippen LogP contribution in [0.25, 0.3) is 10.8 Å². The Balaban J connectivity index is 2.13.